The van der Waals surface area contributed by atoms with Gasteiger partial charge in [-0.3, -0.25) is 4.79 Å². The van der Waals surface area contributed by atoms with Crippen LogP contribution in [0.15, 0.2) is 22.7 Å². The Bertz CT molecular complexity index is 339. The molecule has 76 valence electrons. The molecule has 0 N–H and O–H groups in total. The van der Waals surface area contributed by atoms with Crippen LogP contribution < -0.4 is 0 Å². The van der Waals surface area contributed by atoms with Gasteiger partial charge in [0.1, 0.15) is 0 Å². The summed E-state index contributed by atoms with van der Waals surface area (Å²) in [4.78, 5) is 11.6. The topological polar surface area (TPSA) is 17.1 Å². The number of ketones is 1. The largest absolute Gasteiger partial charge is 0.294 e. The van der Waals surface area contributed by atoms with Crippen LogP contribution in [0.25, 0.3) is 0 Å². The third-order valence-corrected chi connectivity index (χ3v) is 3.12. The summed E-state index contributed by atoms with van der Waals surface area (Å²) < 4.78 is 0.981. The summed E-state index contributed by atoms with van der Waals surface area (Å²) in [7, 11) is 0. The van der Waals surface area contributed by atoms with E-state index >= 15 is 0 Å². The van der Waals surface area contributed by atoms with Crippen molar-refractivity contribution in [2.24, 2.45) is 0 Å². The molecule has 0 aliphatic rings. The van der Waals surface area contributed by atoms with Gasteiger partial charge in [-0.05, 0) is 23.8 Å². The zero-order valence-electron chi connectivity index (χ0n) is 7.40. The Morgan fingerprint density at radius 3 is 2.71 bits per heavy atom. The first kappa shape index (κ1) is 12.2. The third kappa shape index (κ3) is 3.07. The van der Waals surface area contributed by atoms with Crippen LogP contribution in [0.3, 0.4) is 0 Å². The van der Waals surface area contributed by atoms with Crippen LogP contribution >= 0.6 is 43.5 Å². The quantitative estimate of drug-likeness (QED) is 0.594. The lowest BCUT2D eigenvalue weighted by atomic mass is 10.0. The summed E-state index contributed by atoms with van der Waals surface area (Å²) in [6.45, 7) is 0. The highest BCUT2D eigenvalue weighted by Crippen LogP contribution is 2.20. The summed E-state index contributed by atoms with van der Waals surface area (Å²) in [6.07, 6.45) is 0.392. The van der Waals surface area contributed by atoms with E-state index in [0.717, 1.165) is 15.6 Å². The zero-order chi connectivity index (χ0) is 10.6. The molecule has 0 aliphatic heterocycles. The van der Waals surface area contributed by atoms with Crippen molar-refractivity contribution in [1.82, 2.24) is 0 Å². The number of carbonyl (C=O) groups excluding carboxylic acids is 1. The molecule has 0 bridgehead atoms. The van der Waals surface area contributed by atoms with E-state index in [2.05, 4.69) is 31.9 Å². The van der Waals surface area contributed by atoms with Gasteiger partial charge in [-0.2, -0.15) is 0 Å². The predicted octanol–water partition coefficient (Wildman–Crippen LogP) is 4.16. The minimum absolute atomic E-state index is 0.0990. The highest BCUT2D eigenvalue weighted by Gasteiger charge is 2.10. The van der Waals surface area contributed by atoms with Crippen molar-refractivity contribution in [2.75, 3.05) is 5.88 Å². The number of hydrogen-bond donors (Lipinski definition) is 0. The molecule has 0 saturated heterocycles. The molecule has 0 aromatic heterocycles. The first-order valence-corrected chi connectivity index (χ1v) is 6.57. The number of halogens is 3. The average molecular weight is 340 g/mol. The fourth-order valence-corrected chi connectivity index (χ4v) is 2.21. The molecule has 1 rings (SSSR count). The monoisotopic (exact) mass is 338 g/mol. The maximum Gasteiger partial charge on any atom is 0.164 e. The van der Waals surface area contributed by atoms with Crippen molar-refractivity contribution in [1.29, 1.82) is 0 Å². The molecule has 0 atom stereocenters. The standard InChI is InChI=1S/C10H9Br2ClO/c11-6-7-5-8(12)1-2-9(7)10(14)3-4-13/h1-2,5H,3-4,6H2. The van der Waals surface area contributed by atoms with E-state index in [1.165, 1.54) is 0 Å². The normalized spacial score (nSPS) is 10.2. The smallest absolute Gasteiger partial charge is 0.164 e. The van der Waals surface area contributed by atoms with E-state index in [1.54, 1.807) is 0 Å². The van der Waals surface area contributed by atoms with Crippen LogP contribution in [0, 0.1) is 0 Å². The third-order valence-electron chi connectivity index (χ3n) is 1.83. The second-order valence-corrected chi connectivity index (χ2v) is 4.65. The number of benzene rings is 1. The Hall–Kier alpha value is 0.140. The highest BCUT2D eigenvalue weighted by molar-refractivity contribution is 9.10. The van der Waals surface area contributed by atoms with Crippen LogP contribution in [-0.2, 0) is 5.33 Å². The molecule has 1 aromatic carbocycles. The van der Waals surface area contributed by atoms with Crippen LogP contribution in [0.1, 0.15) is 22.3 Å². The Kier molecular flexibility index (Phi) is 5.13. The molecule has 0 heterocycles. The average Bonchev–Trinajstić information content (AvgIpc) is 2.17. The van der Waals surface area contributed by atoms with Gasteiger partial charge in [-0.15, -0.1) is 11.6 Å². The van der Waals surface area contributed by atoms with E-state index < -0.39 is 0 Å². The molecule has 0 spiro atoms. The molecule has 0 amide bonds. The molecule has 0 radical (unpaired) electrons. The van der Waals surface area contributed by atoms with Gasteiger partial charge < -0.3 is 0 Å². The Morgan fingerprint density at radius 1 is 1.43 bits per heavy atom. The van der Waals surface area contributed by atoms with E-state index in [0.29, 0.717) is 17.6 Å². The van der Waals surface area contributed by atoms with E-state index in [9.17, 15) is 4.79 Å². The molecule has 0 unspecified atom stereocenters. The molecular weight excluding hydrogens is 331 g/mol. The van der Waals surface area contributed by atoms with Gasteiger partial charge in [0.2, 0.25) is 0 Å². The number of rotatable bonds is 4. The molecule has 1 nitrogen and oxygen atoms in total. The molecule has 0 fully saturated rings. The summed E-state index contributed by atoms with van der Waals surface area (Å²) in [6, 6.07) is 5.64. The van der Waals surface area contributed by atoms with Crippen molar-refractivity contribution in [3.63, 3.8) is 0 Å². The van der Waals surface area contributed by atoms with E-state index in [-0.39, 0.29) is 5.78 Å². The number of alkyl halides is 2. The number of hydrogen-bond acceptors (Lipinski definition) is 1. The van der Waals surface area contributed by atoms with Gasteiger partial charge in [0.25, 0.3) is 0 Å². The minimum Gasteiger partial charge on any atom is -0.294 e. The molecule has 1 aromatic rings. The summed E-state index contributed by atoms with van der Waals surface area (Å²) in [5, 5.41) is 0.676. The van der Waals surface area contributed by atoms with Crippen LogP contribution in [-0.4, -0.2) is 11.7 Å². The molecule has 0 aliphatic carbocycles. The van der Waals surface area contributed by atoms with Crippen molar-refractivity contribution < 1.29 is 4.79 Å². The SMILES string of the molecule is O=C(CCCl)c1ccc(Br)cc1CBr. The van der Waals surface area contributed by atoms with Crippen LogP contribution in [0.5, 0.6) is 0 Å². The first-order chi connectivity index (χ1) is 6.69. The van der Waals surface area contributed by atoms with Gasteiger partial charge >= 0.3 is 0 Å². The maximum absolute atomic E-state index is 11.6. The maximum atomic E-state index is 11.6. The van der Waals surface area contributed by atoms with Gasteiger partial charge in [0.15, 0.2) is 5.78 Å². The highest BCUT2D eigenvalue weighted by atomic mass is 79.9. The molecule has 4 heteroatoms. The van der Waals surface area contributed by atoms with Crippen LogP contribution in [0.2, 0.25) is 0 Å². The summed E-state index contributed by atoms with van der Waals surface area (Å²) >= 11 is 12.3. The fourth-order valence-electron chi connectivity index (χ4n) is 1.17. The van der Waals surface area contributed by atoms with Crippen LogP contribution in [0.4, 0.5) is 0 Å². The Morgan fingerprint density at radius 2 is 2.14 bits per heavy atom. The zero-order valence-corrected chi connectivity index (χ0v) is 11.3. The summed E-state index contributed by atoms with van der Waals surface area (Å²) in [5.74, 6) is 0.471. The lowest BCUT2D eigenvalue weighted by Crippen LogP contribution is -2.03. The van der Waals surface area contributed by atoms with Gasteiger partial charge in [-0.1, -0.05) is 31.9 Å². The lowest BCUT2D eigenvalue weighted by molar-refractivity contribution is 0.0988. The Labute approximate surface area is 105 Å². The number of Topliss-reactive ketones (excluding diaryl/α,β-unsaturated/α-hetero) is 1. The predicted molar refractivity (Wildman–Crippen MR) is 66.4 cm³/mol. The van der Waals surface area contributed by atoms with Crippen molar-refractivity contribution in [2.45, 2.75) is 11.8 Å². The van der Waals surface area contributed by atoms with Gasteiger partial charge in [0.05, 0.1) is 0 Å². The van der Waals surface area contributed by atoms with Crippen molar-refractivity contribution in [3.8, 4) is 0 Å². The van der Waals surface area contributed by atoms with Crippen molar-refractivity contribution >= 4 is 49.2 Å². The summed E-state index contributed by atoms with van der Waals surface area (Å²) in [5.41, 5.74) is 1.75. The number of carbonyl (C=O) groups is 1. The minimum atomic E-state index is 0.0990. The van der Waals surface area contributed by atoms with Gasteiger partial charge in [0, 0.05) is 27.7 Å². The van der Waals surface area contributed by atoms with E-state index in [4.69, 9.17) is 11.6 Å². The first-order valence-electron chi connectivity index (χ1n) is 4.12. The second-order valence-electron chi connectivity index (χ2n) is 2.80. The molecule has 14 heavy (non-hydrogen) atoms. The fraction of sp³-hybridized carbons (Fsp3) is 0.300. The Balaban J connectivity index is 3.01. The molecule has 0 saturated carbocycles. The van der Waals surface area contributed by atoms with Crippen molar-refractivity contribution in [3.05, 3.63) is 33.8 Å². The van der Waals surface area contributed by atoms with E-state index in [1.807, 2.05) is 18.2 Å². The second kappa shape index (κ2) is 5.89. The lowest BCUT2D eigenvalue weighted by Gasteiger charge is -2.05. The van der Waals surface area contributed by atoms with Gasteiger partial charge in [-0.25, -0.2) is 0 Å². The molecular formula is C10H9Br2ClO.